The van der Waals surface area contributed by atoms with Gasteiger partial charge < -0.3 is 29.7 Å². The first-order valence-electron chi connectivity index (χ1n) is 15.1. The highest BCUT2D eigenvalue weighted by Crippen LogP contribution is 2.44. The van der Waals surface area contributed by atoms with Gasteiger partial charge in [-0.3, -0.25) is 4.79 Å². The average molecular weight is 555 g/mol. The molecule has 2 fully saturated rings. The fourth-order valence-electron chi connectivity index (χ4n) is 6.63. The monoisotopic (exact) mass is 554 g/mol. The first-order chi connectivity index (χ1) is 19.9. The molecule has 1 unspecified atom stereocenters. The van der Waals surface area contributed by atoms with Crippen LogP contribution in [0.3, 0.4) is 0 Å². The molecule has 1 aromatic heterocycles. The van der Waals surface area contributed by atoms with E-state index in [9.17, 15) is 4.79 Å². The molecule has 0 bridgehead atoms. The van der Waals surface area contributed by atoms with E-state index in [0.29, 0.717) is 24.0 Å². The molecule has 0 aliphatic carbocycles. The molecule has 3 aliphatic heterocycles. The van der Waals surface area contributed by atoms with E-state index in [1.807, 2.05) is 36.2 Å². The zero-order valence-electron chi connectivity index (χ0n) is 24.8. The van der Waals surface area contributed by atoms with Gasteiger partial charge in [0.25, 0.3) is 5.91 Å². The Labute approximate surface area is 243 Å². The van der Waals surface area contributed by atoms with Gasteiger partial charge in [0.05, 0.1) is 35.9 Å². The van der Waals surface area contributed by atoms with Crippen molar-refractivity contribution in [1.82, 2.24) is 14.8 Å². The summed E-state index contributed by atoms with van der Waals surface area (Å²) in [4.78, 5) is 27.3. The van der Waals surface area contributed by atoms with Crippen molar-refractivity contribution in [2.45, 2.75) is 51.6 Å². The summed E-state index contributed by atoms with van der Waals surface area (Å²) in [5.74, 6) is 1.46. The molecule has 4 heterocycles. The molecule has 3 aromatic rings. The number of carbonyl (C=O) groups is 1. The zero-order valence-corrected chi connectivity index (χ0v) is 24.8. The molecule has 1 atom stereocenters. The number of fused-ring (bicyclic) bond motifs is 2. The normalized spacial score (nSPS) is 19.5. The van der Waals surface area contributed by atoms with Crippen molar-refractivity contribution >= 4 is 34.5 Å². The summed E-state index contributed by atoms with van der Waals surface area (Å²) in [5.41, 5.74) is 6.07. The van der Waals surface area contributed by atoms with Crippen LogP contribution in [0.2, 0.25) is 0 Å². The summed E-state index contributed by atoms with van der Waals surface area (Å²) in [6.07, 6.45) is 6.66. The Morgan fingerprint density at radius 2 is 1.73 bits per heavy atom. The van der Waals surface area contributed by atoms with Crippen LogP contribution in [-0.4, -0.2) is 73.6 Å². The maximum Gasteiger partial charge on any atom is 0.253 e. The number of anilines is 5. The maximum absolute atomic E-state index is 13.5. The average Bonchev–Trinajstić information content (AvgIpc) is 3.54. The smallest absolute Gasteiger partial charge is 0.253 e. The Bertz CT molecular complexity index is 1400. The van der Waals surface area contributed by atoms with Gasteiger partial charge in [-0.2, -0.15) is 0 Å². The number of amides is 1. The number of likely N-dealkylation sites (tertiary alicyclic amines) is 2. The van der Waals surface area contributed by atoms with Gasteiger partial charge in [0.2, 0.25) is 0 Å². The molecule has 8 nitrogen and oxygen atoms in total. The number of hydrogen-bond donors (Lipinski definition) is 1. The standard InChI is InChI=1S/C33H42N6O2/c1-5-41-31-20-24(33(40)39-18-14-25(15-19-39)38-16-8-9-17-38)12-13-27(31)35-32-21-29-30(22-34-32)36(3)23(2)26-10-6-7-11-28(26)37(29)4/h6-7,10-13,20-23,25H,5,8-9,14-19H2,1-4H3,(H,34,35). The largest absolute Gasteiger partial charge is 0.492 e. The Kier molecular flexibility index (Phi) is 7.75. The van der Waals surface area contributed by atoms with Gasteiger partial charge in [-0.1, -0.05) is 18.2 Å². The number of hydrogen-bond acceptors (Lipinski definition) is 7. The van der Waals surface area contributed by atoms with Crippen LogP contribution >= 0.6 is 0 Å². The number of carbonyl (C=O) groups excluding carboxylic acids is 1. The van der Waals surface area contributed by atoms with E-state index in [0.717, 1.165) is 48.8 Å². The third-order valence-corrected chi connectivity index (χ3v) is 9.13. The van der Waals surface area contributed by atoms with Crippen molar-refractivity contribution < 1.29 is 9.53 Å². The quantitative estimate of drug-likeness (QED) is 0.389. The highest BCUT2D eigenvalue weighted by atomic mass is 16.5. The second kappa shape index (κ2) is 11.6. The van der Waals surface area contributed by atoms with Crippen LogP contribution in [-0.2, 0) is 0 Å². The Morgan fingerprint density at radius 1 is 0.976 bits per heavy atom. The second-order valence-electron chi connectivity index (χ2n) is 11.5. The Morgan fingerprint density at radius 3 is 2.49 bits per heavy atom. The lowest BCUT2D eigenvalue weighted by Crippen LogP contribution is -2.45. The fourth-order valence-corrected chi connectivity index (χ4v) is 6.63. The molecule has 1 N–H and O–H groups in total. The Hall–Kier alpha value is -3.78. The van der Waals surface area contributed by atoms with Crippen molar-refractivity contribution in [2.75, 3.05) is 62.0 Å². The lowest BCUT2D eigenvalue weighted by Gasteiger charge is -2.36. The highest BCUT2D eigenvalue weighted by Gasteiger charge is 2.30. The van der Waals surface area contributed by atoms with Crippen molar-refractivity contribution in [3.63, 3.8) is 0 Å². The second-order valence-corrected chi connectivity index (χ2v) is 11.5. The molecule has 3 aliphatic rings. The van der Waals surface area contributed by atoms with Gasteiger partial charge in [0, 0.05) is 50.5 Å². The number of pyridine rings is 1. The molecule has 0 radical (unpaired) electrons. The Balaban J connectivity index is 1.21. The molecule has 2 aromatic carbocycles. The van der Waals surface area contributed by atoms with Gasteiger partial charge in [-0.15, -0.1) is 0 Å². The number of ether oxygens (including phenoxy) is 1. The number of rotatable bonds is 6. The number of para-hydroxylation sites is 1. The van der Waals surface area contributed by atoms with E-state index >= 15 is 0 Å². The van der Waals surface area contributed by atoms with Crippen LogP contribution in [0.15, 0.2) is 54.7 Å². The molecule has 216 valence electrons. The summed E-state index contributed by atoms with van der Waals surface area (Å²) in [7, 11) is 4.22. The van der Waals surface area contributed by atoms with Crippen molar-refractivity contribution in [3.05, 3.63) is 65.9 Å². The minimum Gasteiger partial charge on any atom is -0.492 e. The van der Waals surface area contributed by atoms with Crippen molar-refractivity contribution in [1.29, 1.82) is 0 Å². The number of aromatic nitrogens is 1. The van der Waals surface area contributed by atoms with E-state index in [1.165, 1.54) is 37.2 Å². The van der Waals surface area contributed by atoms with E-state index in [4.69, 9.17) is 9.72 Å². The first kappa shape index (κ1) is 27.4. The van der Waals surface area contributed by atoms with Gasteiger partial charge in [-0.25, -0.2) is 4.98 Å². The molecule has 6 rings (SSSR count). The first-order valence-corrected chi connectivity index (χ1v) is 15.1. The zero-order chi connectivity index (χ0) is 28.5. The van der Waals surface area contributed by atoms with Crippen LogP contribution in [0.5, 0.6) is 5.75 Å². The molecule has 0 saturated carbocycles. The number of nitrogens with zero attached hydrogens (tertiary/aromatic N) is 5. The molecular formula is C33H42N6O2. The fraction of sp³-hybridized carbons (Fsp3) is 0.455. The van der Waals surface area contributed by atoms with Crippen molar-refractivity contribution in [3.8, 4) is 5.75 Å². The topological polar surface area (TPSA) is 64.2 Å². The van der Waals surface area contributed by atoms with E-state index in [-0.39, 0.29) is 11.9 Å². The van der Waals surface area contributed by atoms with E-state index in [2.05, 4.69) is 71.4 Å². The molecule has 8 heteroatoms. The third-order valence-electron chi connectivity index (χ3n) is 9.13. The minimum atomic E-state index is 0.0815. The number of piperidine rings is 1. The predicted molar refractivity (Wildman–Crippen MR) is 166 cm³/mol. The highest BCUT2D eigenvalue weighted by molar-refractivity contribution is 5.95. The van der Waals surface area contributed by atoms with E-state index in [1.54, 1.807) is 0 Å². The van der Waals surface area contributed by atoms with Gasteiger partial charge in [0.1, 0.15) is 11.6 Å². The summed E-state index contributed by atoms with van der Waals surface area (Å²) in [6, 6.07) is 17.2. The van der Waals surface area contributed by atoms with Crippen LogP contribution in [0.1, 0.15) is 61.5 Å². The summed E-state index contributed by atoms with van der Waals surface area (Å²) in [5, 5.41) is 3.47. The van der Waals surface area contributed by atoms with Gasteiger partial charge in [-0.05, 0) is 82.4 Å². The molecular weight excluding hydrogens is 512 g/mol. The minimum absolute atomic E-state index is 0.0815. The predicted octanol–water partition coefficient (Wildman–Crippen LogP) is 6.20. The molecule has 0 spiro atoms. The third kappa shape index (κ3) is 5.33. The molecule has 41 heavy (non-hydrogen) atoms. The maximum atomic E-state index is 13.5. The van der Waals surface area contributed by atoms with Crippen LogP contribution in [0, 0.1) is 0 Å². The van der Waals surface area contributed by atoms with Gasteiger partial charge >= 0.3 is 0 Å². The lowest BCUT2D eigenvalue weighted by atomic mass is 10.0. The number of nitrogens with one attached hydrogen (secondary N) is 1. The molecule has 2 saturated heterocycles. The summed E-state index contributed by atoms with van der Waals surface area (Å²) >= 11 is 0. The van der Waals surface area contributed by atoms with Crippen molar-refractivity contribution in [2.24, 2.45) is 0 Å². The SMILES string of the molecule is CCOc1cc(C(=O)N2CCC(N3CCCC3)CC2)ccc1Nc1cc2c(cn1)N(C)C(C)c1ccccc1N2C. The number of benzene rings is 2. The molecule has 1 amide bonds. The van der Waals surface area contributed by atoms with Gasteiger partial charge in [0.15, 0.2) is 0 Å². The van der Waals surface area contributed by atoms with E-state index < -0.39 is 0 Å². The van der Waals surface area contributed by atoms with Crippen LogP contribution < -0.4 is 19.9 Å². The van der Waals surface area contributed by atoms with Crippen LogP contribution in [0.25, 0.3) is 0 Å². The van der Waals surface area contributed by atoms with Crippen LogP contribution in [0.4, 0.5) is 28.6 Å². The lowest BCUT2D eigenvalue weighted by molar-refractivity contribution is 0.0644. The summed E-state index contributed by atoms with van der Waals surface area (Å²) < 4.78 is 6.02. The summed E-state index contributed by atoms with van der Waals surface area (Å²) in [6.45, 7) is 8.74.